The first kappa shape index (κ1) is 20.5. The average molecular weight is 368 g/mol. The van der Waals surface area contributed by atoms with E-state index in [0.29, 0.717) is 12.2 Å². The van der Waals surface area contributed by atoms with Crippen LogP contribution in [0.1, 0.15) is 31.9 Å². The van der Waals surface area contributed by atoms with Crippen LogP contribution in [0.3, 0.4) is 0 Å². The maximum Gasteiger partial charge on any atom is 0.323 e. The number of hydrogen-bond acceptors (Lipinski definition) is 3. The summed E-state index contributed by atoms with van der Waals surface area (Å²) in [5.41, 5.74) is 8.97. The number of nitrogens with one attached hydrogen (secondary N) is 3. The van der Waals surface area contributed by atoms with Crippen LogP contribution in [0.15, 0.2) is 48.5 Å². The van der Waals surface area contributed by atoms with Gasteiger partial charge in [-0.3, -0.25) is 4.79 Å². The number of hydrogen-bond donors (Lipinski definition) is 4. The number of amides is 3. The number of benzene rings is 2. The fraction of sp³-hybridized carbons (Fsp3) is 0.333. The summed E-state index contributed by atoms with van der Waals surface area (Å²) in [6, 6.07) is 14.0. The second kappa shape index (κ2) is 8.68. The van der Waals surface area contributed by atoms with Gasteiger partial charge >= 0.3 is 6.03 Å². The zero-order valence-electron chi connectivity index (χ0n) is 16.3. The second-order valence-electron chi connectivity index (χ2n) is 7.71. The number of nitrogens with two attached hydrogens (primary N) is 1. The molecular weight excluding hydrogens is 340 g/mol. The molecule has 6 nitrogen and oxygen atoms in total. The number of anilines is 2. The van der Waals surface area contributed by atoms with Crippen LogP contribution in [0, 0.1) is 12.3 Å². The molecule has 0 heterocycles. The van der Waals surface area contributed by atoms with E-state index in [1.54, 1.807) is 6.07 Å². The molecule has 0 radical (unpaired) electrons. The third kappa shape index (κ3) is 6.42. The van der Waals surface area contributed by atoms with Crippen LogP contribution in [-0.2, 0) is 11.3 Å². The normalized spacial score (nSPS) is 12.2. The molecule has 0 aliphatic heterocycles. The molecule has 0 aliphatic rings. The molecule has 0 aromatic heterocycles. The molecule has 0 saturated heterocycles. The Balaban J connectivity index is 1.93. The summed E-state index contributed by atoms with van der Waals surface area (Å²) in [6.45, 7) is 8.09. The molecule has 0 bridgehead atoms. The van der Waals surface area contributed by atoms with Gasteiger partial charge in [0.2, 0.25) is 5.91 Å². The van der Waals surface area contributed by atoms with Crippen LogP contribution in [0.25, 0.3) is 0 Å². The summed E-state index contributed by atoms with van der Waals surface area (Å²) in [5.74, 6) is -0.196. The maximum absolute atomic E-state index is 12.2. The lowest BCUT2D eigenvalue weighted by Crippen LogP contribution is -2.48. The third-order valence-corrected chi connectivity index (χ3v) is 4.14. The lowest BCUT2D eigenvalue weighted by molar-refractivity contribution is -0.124. The highest BCUT2D eigenvalue weighted by molar-refractivity contribution is 5.99. The average Bonchev–Trinajstić information content (AvgIpc) is 2.58. The van der Waals surface area contributed by atoms with Gasteiger partial charge in [0.25, 0.3) is 0 Å². The van der Waals surface area contributed by atoms with Crippen molar-refractivity contribution in [1.82, 2.24) is 5.32 Å². The Bertz CT molecular complexity index is 812. The van der Waals surface area contributed by atoms with E-state index in [4.69, 9.17) is 5.73 Å². The van der Waals surface area contributed by atoms with Gasteiger partial charge in [0, 0.05) is 17.9 Å². The van der Waals surface area contributed by atoms with Crippen molar-refractivity contribution in [2.75, 3.05) is 10.6 Å². The van der Waals surface area contributed by atoms with Gasteiger partial charge in [-0.05, 0) is 47.7 Å². The summed E-state index contributed by atoms with van der Waals surface area (Å²) in [4.78, 5) is 24.3. The summed E-state index contributed by atoms with van der Waals surface area (Å²) in [5, 5.41) is 8.43. The molecule has 0 aliphatic carbocycles. The first-order chi connectivity index (χ1) is 12.6. The molecule has 0 fully saturated rings. The van der Waals surface area contributed by atoms with Gasteiger partial charge in [-0.1, -0.05) is 45.0 Å². The van der Waals surface area contributed by atoms with E-state index in [1.165, 1.54) is 0 Å². The summed E-state index contributed by atoms with van der Waals surface area (Å²) in [7, 11) is 0. The third-order valence-electron chi connectivity index (χ3n) is 4.14. The van der Waals surface area contributed by atoms with E-state index in [-0.39, 0.29) is 17.4 Å². The molecule has 0 spiro atoms. The second-order valence-corrected chi connectivity index (χ2v) is 7.71. The molecular formula is C21H28N4O2. The molecule has 5 N–H and O–H groups in total. The summed E-state index contributed by atoms with van der Waals surface area (Å²) < 4.78 is 0. The van der Waals surface area contributed by atoms with Crippen LogP contribution in [-0.4, -0.2) is 18.0 Å². The van der Waals surface area contributed by atoms with Crippen molar-refractivity contribution in [3.8, 4) is 0 Å². The standard InChI is InChI=1S/C21H28N4O2/c1-14-7-5-9-16(11-14)24-20(27)25-17-10-6-8-15(12-17)13-23-19(26)18(22)21(2,3)4/h5-12,18H,13,22H2,1-4H3,(H,23,26)(H2,24,25,27)/t18-/m1/s1. The van der Waals surface area contributed by atoms with Gasteiger partial charge in [-0.25, -0.2) is 4.79 Å². The highest BCUT2D eigenvalue weighted by atomic mass is 16.2. The lowest BCUT2D eigenvalue weighted by Gasteiger charge is -2.25. The first-order valence-corrected chi connectivity index (χ1v) is 8.92. The Labute approximate surface area is 160 Å². The van der Waals surface area contributed by atoms with Gasteiger partial charge < -0.3 is 21.7 Å². The maximum atomic E-state index is 12.2. The number of urea groups is 1. The quantitative estimate of drug-likeness (QED) is 0.649. The van der Waals surface area contributed by atoms with Crippen LogP contribution < -0.4 is 21.7 Å². The Morgan fingerprint density at radius 3 is 2.19 bits per heavy atom. The lowest BCUT2D eigenvalue weighted by atomic mass is 9.87. The molecule has 2 rings (SSSR count). The van der Waals surface area contributed by atoms with Crippen LogP contribution in [0.4, 0.5) is 16.2 Å². The van der Waals surface area contributed by atoms with Crippen molar-refractivity contribution >= 4 is 23.3 Å². The number of carbonyl (C=O) groups is 2. The predicted octanol–water partition coefficient (Wildman–Crippen LogP) is 3.63. The van der Waals surface area contributed by atoms with Crippen molar-refractivity contribution in [3.63, 3.8) is 0 Å². The Kier molecular flexibility index (Phi) is 6.58. The van der Waals surface area contributed by atoms with Crippen molar-refractivity contribution in [2.24, 2.45) is 11.1 Å². The van der Waals surface area contributed by atoms with Crippen molar-refractivity contribution in [1.29, 1.82) is 0 Å². The van der Waals surface area contributed by atoms with Gasteiger partial charge in [0.15, 0.2) is 0 Å². The molecule has 6 heteroatoms. The number of carbonyl (C=O) groups excluding carboxylic acids is 2. The number of aryl methyl sites for hydroxylation is 1. The van der Waals surface area contributed by atoms with Gasteiger partial charge in [-0.2, -0.15) is 0 Å². The van der Waals surface area contributed by atoms with Crippen LogP contribution in [0.2, 0.25) is 0 Å². The molecule has 27 heavy (non-hydrogen) atoms. The molecule has 0 unspecified atom stereocenters. The van der Waals surface area contributed by atoms with E-state index in [9.17, 15) is 9.59 Å². The molecule has 144 valence electrons. The number of rotatable bonds is 5. The van der Waals surface area contributed by atoms with Crippen LogP contribution in [0.5, 0.6) is 0 Å². The largest absolute Gasteiger partial charge is 0.351 e. The zero-order valence-corrected chi connectivity index (χ0v) is 16.3. The van der Waals surface area contributed by atoms with E-state index in [2.05, 4.69) is 16.0 Å². The fourth-order valence-electron chi connectivity index (χ4n) is 2.47. The first-order valence-electron chi connectivity index (χ1n) is 8.92. The molecule has 2 aromatic carbocycles. The monoisotopic (exact) mass is 368 g/mol. The van der Waals surface area contributed by atoms with E-state index in [0.717, 1.165) is 16.8 Å². The van der Waals surface area contributed by atoms with Crippen molar-refractivity contribution in [3.05, 3.63) is 59.7 Å². The summed E-state index contributed by atoms with van der Waals surface area (Å²) >= 11 is 0. The summed E-state index contributed by atoms with van der Waals surface area (Å²) in [6.07, 6.45) is 0. The van der Waals surface area contributed by atoms with Gasteiger partial charge in [-0.15, -0.1) is 0 Å². The smallest absolute Gasteiger partial charge is 0.323 e. The predicted molar refractivity (Wildman–Crippen MR) is 110 cm³/mol. The Morgan fingerprint density at radius 2 is 1.59 bits per heavy atom. The molecule has 2 aromatic rings. The van der Waals surface area contributed by atoms with Gasteiger partial charge in [0.1, 0.15) is 0 Å². The van der Waals surface area contributed by atoms with Crippen LogP contribution >= 0.6 is 0 Å². The molecule has 3 amide bonds. The van der Waals surface area contributed by atoms with E-state index >= 15 is 0 Å². The Morgan fingerprint density at radius 1 is 1.00 bits per heavy atom. The van der Waals surface area contributed by atoms with Gasteiger partial charge in [0.05, 0.1) is 6.04 Å². The minimum Gasteiger partial charge on any atom is -0.351 e. The minimum absolute atomic E-state index is 0.196. The highest BCUT2D eigenvalue weighted by Gasteiger charge is 2.27. The highest BCUT2D eigenvalue weighted by Crippen LogP contribution is 2.18. The van der Waals surface area contributed by atoms with E-state index < -0.39 is 6.04 Å². The zero-order chi connectivity index (χ0) is 20.0. The van der Waals surface area contributed by atoms with Crippen molar-refractivity contribution in [2.45, 2.75) is 40.3 Å². The SMILES string of the molecule is Cc1cccc(NC(=O)Nc2cccc(CNC(=O)[C@@H](N)C(C)(C)C)c2)c1. The van der Waals surface area contributed by atoms with E-state index in [1.807, 2.05) is 70.2 Å². The van der Waals surface area contributed by atoms with Crippen molar-refractivity contribution < 1.29 is 9.59 Å². The molecule has 1 atom stereocenters. The minimum atomic E-state index is -0.584. The topological polar surface area (TPSA) is 96.2 Å². The molecule has 0 saturated carbocycles. The Hall–Kier alpha value is -2.86. The fourth-order valence-corrected chi connectivity index (χ4v) is 2.47.